The molecule has 1 unspecified atom stereocenters. The van der Waals surface area contributed by atoms with Gasteiger partial charge in [0, 0.05) is 18.1 Å². The van der Waals surface area contributed by atoms with E-state index in [9.17, 15) is 14.7 Å². The van der Waals surface area contributed by atoms with Crippen LogP contribution in [0.3, 0.4) is 0 Å². The van der Waals surface area contributed by atoms with Gasteiger partial charge in [-0.3, -0.25) is 9.59 Å². The third kappa shape index (κ3) is 3.71. The lowest BCUT2D eigenvalue weighted by molar-refractivity contribution is -0.153. The summed E-state index contributed by atoms with van der Waals surface area (Å²) in [5.41, 5.74) is 0.00755. The lowest BCUT2D eigenvalue weighted by atomic mass is 9.82. The van der Waals surface area contributed by atoms with Crippen molar-refractivity contribution < 1.29 is 19.4 Å². The highest BCUT2D eigenvalue weighted by atomic mass is 35.5. The maximum atomic E-state index is 12.2. The summed E-state index contributed by atoms with van der Waals surface area (Å²) in [6.07, 6.45) is 1.28. The summed E-state index contributed by atoms with van der Waals surface area (Å²) in [5.74, 6) is -0.479. The Kier molecular flexibility index (Phi) is 4.96. The molecule has 2 rings (SSSR count). The van der Waals surface area contributed by atoms with E-state index in [1.165, 1.54) is 0 Å². The number of carboxylic acid groups (broad SMARTS) is 1. The largest absolute Gasteiger partial charge is 0.484 e. The lowest BCUT2D eigenvalue weighted by Crippen LogP contribution is -2.49. The number of hydrogen-bond acceptors (Lipinski definition) is 3. The molecule has 0 aromatic heterocycles. The molecule has 1 aliphatic heterocycles. The lowest BCUT2D eigenvalue weighted by Gasteiger charge is -2.37. The number of carbonyl (C=O) groups is 2. The molecule has 120 valence electrons. The third-order valence-electron chi connectivity index (χ3n) is 4.06. The number of rotatable bonds is 4. The number of halogens is 1. The first-order valence-corrected chi connectivity index (χ1v) is 7.60. The van der Waals surface area contributed by atoms with Gasteiger partial charge < -0.3 is 14.7 Å². The zero-order chi connectivity index (χ0) is 16.3. The quantitative estimate of drug-likeness (QED) is 0.924. The Labute approximate surface area is 134 Å². The minimum Gasteiger partial charge on any atom is -0.484 e. The first kappa shape index (κ1) is 16.6. The van der Waals surface area contributed by atoms with Gasteiger partial charge in [-0.25, -0.2) is 0 Å². The molecule has 5 nitrogen and oxygen atoms in total. The molecule has 1 aromatic rings. The van der Waals surface area contributed by atoms with Crippen LogP contribution in [0.4, 0.5) is 0 Å². The highest BCUT2D eigenvalue weighted by molar-refractivity contribution is 6.31. The van der Waals surface area contributed by atoms with Crippen molar-refractivity contribution in [3.8, 4) is 5.75 Å². The fourth-order valence-corrected chi connectivity index (χ4v) is 2.69. The van der Waals surface area contributed by atoms with Crippen LogP contribution in [-0.2, 0) is 9.59 Å². The molecule has 1 N–H and O–H groups in total. The monoisotopic (exact) mass is 325 g/mol. The minimum absolute atomic E-state index is 0.100. The topological polar surface area (TPSA) is 66.8 Å². The van der Waals surface area contributed by atoms with Crippen LogP contribution < -0.4 is 4.74 Å². The molecule has 1 saturated heterocycles. The number of nitrogens with zero attached hydrogens (tertiary/aromatic N) is 1. The summed E-state index contributed by atoms with van der Waals surface area (Å²) in [4.78, 5) is 25.1. The van der Waals surface area contributed by atoms with Crippen molar-refractivity contribution in [1.29, 1.82) is 0 Å². The van der Waals surface area contributed by atoms with E-state index in [1.807, 2.05) is 6.92 Å². The molecule has 0 bridgehead atoms. The summed E-state index contributed by atoms with van der Waals surface area (Å²) in [6.45, 7) is 4.24. The SMILES string of the molecule is Cc1cc(OCC(=O)N2CCCC(C)(C(=O)O)C2)ccc1Cl. The van der Waals surface area contributed by atoms with Crippen LogP contribution in [0.2, 0.25) is 5.02 Å². The molecule has 6 heteroatoms. The minimum atomic E-state index is -0.870. The van der Waals surface area contributed by atoms with Crippen LogP contribution in [-0.4, -0.2) is 41.6 Å². The average Bonchev–Trinajstić information content (AvgIpc) is 2.48. The number of aliphatic carboxylic acids is 1. The zero-order valence-electron chi connectivity index (χ0n) is 12.8. The van der Waals surface area contributed by atoms with Crippen molar-refractivity contribution in [3.05, 3.63) is 28.8 Å². The third-order valence-corrected chi connectivity index (χ3v) is 4.48. The highest BCUT2D eigenvalue weighted by Gasteiger charge is 2.39. The van der Waals surface area contributed by atoms with Crippen molar-refractivity contribution in [1.82, 2.24) is 4.90 Å². The zero-order valence-corrected chi connectivity index (χ0v) is 13.5. The van der Waals surface area contributed by atoms with Gasteiger partial charge in [-0.1, -0.05) is 11.6 Å². The molecule has 0 radical (unpaired) electrons. The molecule has 22 heavy (non-hydrogen) atoms. The van der Waals surface area contributed by atoms with Gasteiger partial charge in [0.1, 0.15) is 5.75 Å². The number of ether oxygens (including phenoxy) is 1. The van der Waals surface area contributed by atoms with Crippen LogP contribution in [0.25, 0.3) is 0 Å². The van der Waals surface area contributed by atoms with E-state index in [0.29, 0.717) is 30.2 Å². The van der Waals surface area contributed by atoms with Crippen molar-refractivity contribution in [2.24, 2.45) is 5.41 Å². The van der Waals surface area contributed by atoms with Gasteiger partial charge >= 0.3 is 5.97 Å². The molecule has 1 amide bonds. The van der Waals surface area contributed by atoms with E-state index >= 15 is 0 Å². The maximum absolute atomic E-state index is 12.2. The van der Waals surface area contributed by atoms with Crippen molar-refractivity contribution in [2.75, 3.05) is 19.7 Å². The normalized spacial score (nSPS) is 21.5. The molecule has 1 heterocycles. The molecule has 1 atom stereocenters. The summed E-state index contributed by atoms with van der Waals surface area (Å²) < 4.78 is 5.49. The van der Waals surface area contributed by atoms with E-state index < -0.39 is 11.4 Å². The fraction of sp³-hybridized carbons (Fsp3) is 0.500. The number of aryl methyl sites for hydroxylation is 1. The van der Waals surface area contributed by atoms with Crippen LogP contribution in [0, 0.1) is 12.3 Å². The van der Waals surface area contributed by atoms with Gasteiger partial charge in [-0.15, -0.1) is 0 Å². The Balaban J connectivity index is 1.94. The van der Waals surface area contributed by atoms with E-state index in [0.717, 1.165) is 5.56 Å². The van der Waals surface area contributed by atoms with Crippen LogP contribution in [0.15, 0.2) is 18.2 Å². The van der Waals surface area contributed by atoms with Gasteiger partial charge in [0.05, 0.1) is 5.41 Å². The van der Waals surface area contributed by atoms with Gasteiger partial charge in [0.25, 0.3) is 5.91 Å². The molecule has 0 spiro atoms. The molecule has 1 aliphatic rings. The number of carboxylic acids is 1. The number of likely N-dealkylation sites (tertiary alicyclic amines) is 1. The number of hydrogen-bond donors (Lipinski definition) is 1. The van der Waals surface area contributed by atoms with Crippen LogP contribution in [0.1, 0.15) is 25.3 Å². The molecule has 1 aromatic carbocycles. The van der Waals surface area contributed by atoms with Crippen molar-refractivity contribution >= 4 is 23.5 Å². The van der Waals surface area contributed by atoms with E-state index in [4.69, 9.17) is 16.3 Å². The molecular formula is C16H20ClNO4. The number of piperidine rings is 1. The smallest absolute Gasteiger partial charge is 0.311 e. The standard InChI is InChI=1S/C16H20ClNO4/c1-11-8-12(4-5-13(11)17)22-9-14(19)18-7-3-6-16(2,10-18)15(20)21/h4-5,8H,3,6-7,9-10H2,1-2H3,(H,20,21). The maximum Gasteiger partial charge on any atom is 0.311 e. The Morgan fingerprint density at radius 2 is 2.18 bits per heavy atom. The number of benzene rings is 1. The van der Waals surface area contributed by atoms with E-state index in [-0.39, 0.29) is 19.1 Å². The number of carbonyl (C=O) groups excluding carboxylic acids is 1. The summed E-state index contributed by atoms with van der Waals surface area (Å²) in [5, 5.41) is 9.93. The van der Waals surface area contributed by atoms with E-state index in [1.54, 1.807) is 30.0 Å². The summed E-state index contributed by atoms with van der Waals surface area (Å²) >= 11 is 5.94. The van der Waals surface area contributed by atoms with Crippen LogP contribution in [0.5, 0.6) is 5.75 Å². The first-order valence-electron chi connectivity index (χ1n) is 7.22. The molecule has 1 fully saturated rings. The Bertz CT molecular complexity index is 590. The molecular weight excluding hydrogens is 306 g/mol. The van der Waals surface area contributed by atoms with E-state index in [2.05, 4.69) is 0 Å². The Hall–Kier alpha value is -1.75. The van der Waals surface area contributed by atoms with Crippen molar-refractivity contribution in [2.45, 2.75) is 26.7 Å². The second-order valence-electron chi connectivity index (χ2n) is 5.98. The predicted molar refractivity (Wildman–Crippen MR) is 83.2 cm³/mol. The predicted octanol–water partition coefficient (Wildman–Crippen LogP) is 2.74. The Morgan fingerprint density at radius 1 is 1.45 bits per heavy atom. The average molecular weight is 326 g/mol. The molecule has 0 saturated carbocycles. The number of amides is 1. The van der Waals surface area contributed by atoms with Crippen molar-refractivity contribution in [3.63, 3.8) is 0 Å². The van der Waals surface area contributed by atoms with Crippen LogP contribution >= 0.6 is 11.6 Å². The second kappa shape index (κ2) is 6.57. The summed E-state index contributed by atoms with van der Waals surface area (Å²) in [6, 6.07) is 5.20. The van der Waals surface area contributed by atoms with Gasteiger partial charge in [-0.05, 0) is 50.5 Å². The van der Waals surface area contributed by atoms with Gasteiger partial charge in [-0.2, -0.15) is 0 Å². The highest BCUT2D eigenvalue weighted by Crippen LogP contribution is 2.29. The molecule has 0 aliphatic carbocycles. The van der Waals surface area contributed by atoms with Gasteiger partial charge in [0.2, 0.25) is 0 Å². The second-order valence-corrected chi connectivity index (χ2v) is 6.39. The van der Waals surface area contributed by atoms with Gasteiger partial charge in [0.15, 0.2) is 6.61 Å². The first-order chi connectivity index (χ1) is 10.3. The summed E-state index contributed by atoms with van der Waals surface area (Å²) in [7, 11) is 0. The fourth-order valence-electron chi connectivity index (χ4n) is 2.57. The Morgan fingerprint density at radius 3 is 2.82 bits per heavy atom.